The minimum absolute atomic E-state index is 0.333. The smallest absolute Gasteiger partial charge is 0.164 e. The van der Waals surface area contributed by atoms with Crippen molar-refractivity contribution in [2.45, 2.75) is 31.3 Å². The second-order valence-corrected chi connectivity index (χ2v) is 6.68. The number of nitrogens with one attached hydrogen (secondary N) is 1. The Morgan fingerprint density at radius 3 is 2.95 bits per heavy atom. The van der Waals surface area contributed by atoms with Crippen molar-refractivity contribution in [3.8, 4) is 11.5 Å². The van der Waals surface area contributed by atoms with Crippen LogP contribution in [0.3, 0.4) is 0 Å². The number of hydrogen-bond acceptors (Lipinski definition) is 4. The van der Waals surface area contributed by atoms with E-state index in [4.69, 9.17) is 9.47 Å². The Bertz CT molecular complexity index is 440. The van der Waals surface area contributed by atoms with Crippen LogP contribution in [0, 0.1) is 0 Å². The molecule has 1 N–H and O–H groups in total. The lowest BCUT2D eigenvalue weighted by atomic mass is 9.97. The molecule has 2 unspecified atom stereocenters. The van der Waals surface area contributed by atoms with Gasteiger partial charge < -0.3 is 14.8 Å². The predicted octanol–water partition coefficient (Wildman–Crippen LogP) is 3.05. The summed E-state index contributed by atoms with van der Waals surface area (Å²) in [4.78, 5) is 0. The molecule has 0 saturated carbocycles. The summed E-state index contributed by atoms with van der Waals surface area (Å²) in [5.41, 5.74) is 1.29. The van der Waals surface area contributed by atoms with Gasteiger partial charge in [0.25, 0.3) is 0 Å². The minimum Gasteiger partial charge on any atom is -0.493 e. The Labute approximate surface area is 125 Å². The lowest BCUT2D eigenvalue weighted by Crippen LogP contribution is -2.23. The van der Waals surface area contributed by atoms with Gasteiger partial charge in [-0.1, -0.05) is 12.1 Å². The van der Waals surface area contributed by atoms with Crippen LogP contribution >= 0.6 is 11.8 Å². The largest absolute Gasteiger partial charge is 0.493 e. The van der Waals surface area contributed by atoms with Gasteiger partial charge >= 0.3 is 0 Å². The van der Waals surface area contributed by atoms with Crippen LogP contribution in [0.5, 0.6) is 11.5 Å². The monoisotopic (exact) mass is 293 g/mol. The molecule has 110 valence electrons. The van der Waals surface area contributed by atoms with E-state index < -0.39 is 0 Å². The molecule has 0 spiro atoms. The van der Waals surface area contributed by atoms with E-state index in [1.54, 1.807) is 7.11 Å². The Hall–Kier alpha value is -0.870. The van der Waals surface area contributed by atoms with Crippen LogP contribution < -0.4 is 14.8 Å². The van der Waals surface area contributed by atoms with Crippen LogP contribution in [0.2, 0.25) is 0 Å². The normalized spacial score (nSPS) is 26.4. The van der Waals surface area contributed by atoms with Gasteiger partial charge in [0.15, 0.2) is 11.5 Å². The highest BCUT2D eigenvalue weighted by Crippen LogP contribution is 2.39. The molecular weight excluding hydrogens is 270 g/mol. The van der Waals surface area contributed by atoms with Gasteiger partial charge in [-0.25, -0.2) is 0 Å². The number of para-hydroxylation sites is 1. The second-order valence-electron chi connectivity index (χ2n) is 5.53. The molecule has 0 aliphatic carbocycles. The molecule has 0 aromatic heterocycles. The molecule has 20 heavy (non-hydrogen) atoms. The summed E-state index contributed by atoms with van der Waals surface area (Å²) in [6.07, 6.45) is 3.92. The maximum Gasteiger partial charge on any atom is 0.164 e. The third-order valence-corrected chi connectivity index (χ3v) is 5.31. The van der Waals surface area contributed by atoms with E-state index in [1.165, 1.54) is 24.2 Å². The number of thioether (sulfide) groups is 1. The Morgan fingerprint density at radius 1 is 1.30 bits per heavy atom. The van der Waals surface area contributed by atoms with Crippen molar-refractivity contribution in [2.75, 3.05) is 31.7 Å². The van der Waals surface area contributed by atoms with Crippen molar-refractivity contribution in [3.05, 3.63) is 23.8 Å². The Kier molecular flexibility index (Phi) is 4.73. The van der Waals surface area contributed by atoms with Crippen LogP contribution in [0.4, 0.5) is 0 Å². The number of methoxy groups -OCH3 is 1. The number of rotatable bonds is 4. The van der Waals surface area contributed by atoms with Crippen LogP contribution in [-0.2, 0) is 0 Å². The number of hydrogen-bond donors (Lipinski definition) is 1. The molecule has 2 aliphatic rings. The highest BCUT2D eigenvalue weighted by Gasteiger charge is 2.24. The summed E-state index contributed by atoms with van der Waals surface area (Å²) in [6, 6.07) is 6.32. The third-order valence-electron chi connectivity index (χ3n) is 4.13. The molecule has 3 nitrogen and oxygen atoms in total. The average molecular weight is 293 g/mol. The lowest BCUT2D eigenvalue weighted by molar-refractivity contribution is 0.201. The summed E-state index contributed by atoms with van der Waals surface area (Å²) in [5.74, 6) is 4.78. The molecule has 2 saturated heterocycles. The molecule has 0 bridgehead atoms. The summed E-state index contributed by atoms with van der Waals surface area (Å²) < 4.78 is 11.9. The van der Waals surface area contributed by atoms with Crippen molar-refractivity contribution in [1.82, 2.24) is 5.32 Å². The molecular formula is C16H23NO2S. The van der Waals surface area contributed by atoms with Gasteiger partial charge in [-0.2, -0.15) is 11.8 Å². The Morgan fingerprint density at radius 2 is 2.25 bits per heavy atom. The maximum atomic E-state index is 6.21. The van der Waals surface area contributed by atoms with Gasteiger partial charge in [-0.15, -0.1) is 0 Å². The third kappa shape index (κ3) is 3.07. The van der Waals surface area contributed by atoms with Crippen LogP contribution in [0.1, 0.15) is 30.7 Å². The molecule has 2 atom stereocenters. The zero-order valence-electron chi connectivity index (χ0n) is 12.1. The molecule has 0 radical (unpaired) electrons. The van der Waals surface area contributed by atoms with E-state index in [9.17, 15) is 0 Å². The molecule has 3 rings (SSSR count). The lowest BCUT2D eigenvalue weighted by Gasteiger charge is -2.25. The first kappa shape index (κ1) is 14.1. The molecule has 4 heteroatoms. The van der Waals surface area contributed by atoms with Gasteiger partial charge in [-0.3, -0.25) is 0 Å². The molecule has 2 heterocycles. The van der Waals surface area contributed by atoms with Crippen LogP contribution in [-0.4, -0.2) is 37.8 Å². The first-order valence-electron chi connectivity index (χ1n) is 7.50. The van der Waals surface area contributed by atoms with E-state index in [0.717, 1.165) is 36.8 Å². The average Bonchev–Trinajstić information content (AvgIpc) is 3.02. The van der Waals surface area contributed by atoms with Crippen molar-refractivity contribution < 1.29 is 9.47 Å². The van der Waals surface area contributed by atoms with E-state index in [-0.39, 0.29) is 0 Å². The SMILES string of the molecule is COc1c(OC2CCCSC2)cccc1C1CCNC1. The molecule has 1 aromatic carbocycles. The fourth-order valence-corrected chi connectivity index (χ4v) is 4.10. The van der Waals surface area contributed by atoms with E-state index >= 15 is 0 Å². The van der Waals surface area contributed by atoms with Crippen molar-refractivity contribution in [3.63, 3.8) is 0 Å². The minimum atomic E-state index is 0.333. The van der Waals surface area contributed by atoms with Gasteiger partial charge in [0.1, 0.15) is 6.10 Å². The second kappa shape index (κ2) is 6.72. The van der Waals surface area contributed by atoms with Gasteiger partial charge in [0, 0.05) is 23.8 Å². The van der Waals surface area contributed by atoms with Crippen LogP contribution in [0.15, 0.2) is 18.2 Å². The highest BCUT2D eigenvalue weighted by molar-refractivity contribution is 7.99. The zero-order chi connectivity index (χ0) is 13.8. The zero-order valence-corrected chi connectivity index (χ0v) is 12.9. The van der Waals surface area contributed by atoms with Gasteiger partial charge in [0.2, 0.25) is 0 Å². The van der Waals surface area contributed by atoms with Crippen molar-refractivity contribution in [1.29, 1.82) is 0 Å². The summed E-state index contributed by atoms with van der Waals surface area (Å²) >= 11 is 1.99. The number of benzene rings is 1. The standard InChI is InChI=1S/C16H23NO2S/c1-18-16-14(12-7-8-17-10-12)5-2-6-15(16)19-13-4-3-9-20-11-13/h2,5-6,12-13,17H,3-4,7-11H2,1H3. The Balaban J connectivity index is 1.80. The van der Waals surface area contributed by atoms with E-state index in [2.05, 4.69) is 17.4 Å². The summed E-state index contributed by atoms with van der Waals surface area (Å²) in [5, 5.41) is 3.42. The maximum absolute atomic E-state index is 6.21. The first-order valence-corrected chi connectivity index (χ1v) is 8.66. The summed E-state index contributed by atoms with van der Waals surface area (Å²) in [7, 11) is 1.75. The molecule has 1 aromatic rings. The fraction of sp³-hybridized carbons (Fsp3) is 0.625. The van der Waals surface area contributed by atoms with Crippen molar-refractivity contribution in [2.24, 2.45) is 0 Å². The molecule has 0 amide bonds. The fourth-order valence-electron chi connectivity index (χ4n) is 3.07. The van der Waals surface area contributed by atoms with Gasteiger partial charge in [-0.05, 0) is 37.6 Å². The highest BCUT2D eigenvalue weighted by atomic mass is 32.2. The molecule has 2 fully saturated rings. The van der Waals surface area contributed by atoms with Gasteiger partial charge in [0.05, 0.1) is 7.11 Å². The van der Waals surface area contributed by atoms with E-state index in [1.807, 2.05) is 17.8 Å². The first-order chi connectivity index (χ1) is 9.88. The predicted molar refractivity (Wildman–Crippen MR) is 84.2 cm³/mol. The van der Waals surface area contributed by atoms with Crippen LogP contribution in [0.25, 0.3) is 0 Å². The van der Waals surface area contributed by atoms with Crippen molar-refractivity contribution >= 4 is 11.8 Å². The van der Waals surface area contributed by atoms with E-state index in [0.29, 0.717) is 12.0 Å². The topological polar surface area (TPSA) is 30.5 Å². The molecule has 2 aliphatic heterocycles. The quantitative estimate of drug-likeness (QED) is 0.924. The number of ether oxygens (including phenoxy) is 2. The summed E-state index contributed by atoms with van der Waals surface area (Å²) in [6.45, 7) is 2.14.